The van der Waals surface area contributed by atoms with Crippen molar-refractivity contribution in [3.63, 3.8) is 0 Å². The van der Waals surface area contributed by atoms with E-state index in [1.54, 1.807) is 18.9 Å². The zero-order valence-electron chi connectivity index (χ0n) is 9.16. The van der Waals surface area contributed by atoms with Gasteiger partial charge in [-0.1, -0.05) is 12.8 Å². The largest absolute Gasteiger partial charge is 0.384 e. The number of methoxy groups -OCH3 is 1. The topological polar surface area (TPSA) is 47.6 Å². The van der Waals surface area contributed by atoms with Gasteiger partial charge < -0.3 is 4.74 Å². The smallest absolute Gasteiger partial charge is 0.253 e. The minimum Gasteiger partial charge on any atom is -0.384 e. The SMILES string of the molecule is COCCSCC(=O)NOC1CCCC1. The molecule has 1 N–H and O–H groups in total. The van der Waals surface area contributed by atoms with Gasteiger partial charge in [0.05, 0.1) is 18.5 Å². The molecule has 1 aliphatic rings. The molecule has 0 atom stereocenters. The maximum absolute atomic E-state index is 11.3. The van der Waals surface area contributed by atoms with Crippen molar-refractivity contribution in [2.45, 2.75) is 31.8 Å². The van der Waals surface area contributed by atoms with Crippen molar-refractivity contribution in [1.29, 1.82) is 0 Å². The molecule has 1 rings (SSSR count). The minimum absolute atomic E-state index is 0.0528. The molecule has 0 aromatic heterocycles. The second-order valence-electron chi connectivity index (χ2n) is 3.59. The van der Waals surface area contributed by atoms with Crippen LogP contribution in [0.5, 0.6) is 0 Å². The average Bonchev–Trinajstić information content (AvgIpc) is 2.74. The summed E-state index contributed by atoms with van der Waals surface area (Å²) in [6.45, 7) is 0.682. The summed E-state index contributed by atoms with van der Waals surface area (Å²) in [4.78, 5) is 16.5. The van der Waals surface area contributed by atoms with Crippen molar-refractivity contribution >= 4 is 17.7 Å². The Kier molecular flexibility index (Phi) is 6.80. The number of hydroxylamine groups is 1. The number of ether oxygens (including phenoxy) is 1. The summed E-state index contributed by atoms with van der Waals surface area (Å²) in [6, 6.07) is 0. The van der Waals surface area contributed by atoms with Crippen LogP contribution in [0.2, 0.25) is 0 Å². The summed E-state index contributed by atoms with van der Waals surface area (Å²) >= 11 is 1.55. The van der Waals surface area contributed by atoms with Gasteiger partial charge in [-0.05, 0) is 12.8 Å². The van der Waals surface area contributed by atoms with Gasteiger partial charge >= 0.3 is 0 Å². The highest BCUT2D eigenvalue weighted by Gasteiger charge is 2.16. The van der Waals surface area contributed by atoms with E-state index < -0.39 is 0 Å². The Morgan fingerprint density at radius 3 is 2.87 bits per heavy atom. The lowest BCUT2D eigenvalue weighted by atomic mass is 10.3. The fraction of sp³-hybridized carbons (Fsp3) is 0.900. The summed E-state index contributed by atoms with van der Waals surface area (Å²) in [5.41, 5.74) is 2.50. The maximum atomic E-state index is 11.3. The van der Waals surface area contributed by atoms with E-state index in [-0.39, 0.29) is 12.0 Å². The van der Waals surface area contributed by atoms with Gasteiger partial charge in [-0.3, -0.25) is 9.63 Å². The monoisotopic (exact) mass is 233 g/mol. The second kappa shape index (κ2) is 7.96. The molecular weight excluding hydrogens is 214 g/mol. The number of rotatable bonds is 7. The fourth-order valence-electron chi connectivity index (χ4n) is 1.49. The highest BCUT2D eigenvalue weighted by Crippen LogP contribution is 2.19. The Bertz CT molecular complexity index is 184. The number of carbonyl (C=O) groups excluding carboxylic acids is 1. The van der Waals surface area contributed by atoms with Crippen molar-refractivity contribution in [2.75, 3.05) is 25.2 Å². The van der Waals surface area contributed by atoms with Gasteiger partial charge in [0.25, 0.3) is 5.91 Å². The van der Waals surface area contributed by atoms with Gasteiger partial charge in [0, 0.05) is 12.9 Å². The Morgan fingerprint density at radius 2 is 2.20 bits per heavy atom. The molecule has 0 bridgehead atoms. The summed E-state index contributed by atoms with van der Waals surface area (Å²) in [6.07, 6.45) is 4.79. The van der Waals surface area contributed by atoms with Crippen LogP contribution >= 0.6 is 11.8 Å². The van der Waals surface area contributed by atoms with Crippen LogP contribution in [0.25, 0.3) is 0 Å². The highest BCUT2D eigenvalue weighted by molar-refractivity contribution is 7.99. The number of carbonyl (C=O) groups is 1. The Morgan fingerprint density at radius 1 is 1.47 bits per heavy atom. The van der Waals surface area contributed by atoms with E-state index >= 15 is 0 Å². The second-order valence-corrected chi connectivity index (χ2v) is 4.70. The predicted octanol–water partition coefficient (Wildman–Crippen LogP) is 1.36. The number of thioether (sulfide) groups is 1. The van der Waals surface area contributed by atoms with Crippen molar-refractivity contribution < 1.29 is 14.4 Å². The van der Waals surface area contributed by atoms with E-state index in [1.807, 2.05) is 0 Å². The quantitative estimate of drug-likeness (QED) is 0.533. The first-order valence-corrected chi connectivity index (χ1v) is 6.49. The number of hydrogen-bond donors (Lipinski definition) is 1. The van der Waals surface area contributed by atoms with Crippen LogP contribution in [0.3, 0.4) is 0 Å². The summed E-state index contributed by atoms with van der Waals surface area (Å²) in [7, 11) is 1.66. The van der Waals surface area contributed by atoms with E-state index in [2.05, 4.69) is 5.48 Å². The van der Waals surface area contributed by atoms with E-state index in [0.717, 1.165) is 18.6 Å². The van der Waals surface area contributed by atoms with Crippen molar-refractivity contribution in [2.24, 2.45) is 0 Å². The lowest BCUT2D eigenvalue weighted by molar-refractivity contribution is -0.135. The Labute approximate surface area is 95.0 Å². The van der Waals surface area contributed by atoms with Crippen molar-refractivity contribution in [3.8, 4) is 0 Å². The molecule has 15 heavy (non-hydrogen) atoms. The molecule has 4 nitrogen and oxygen atoms in total. The van der Waals surface area contributed by atoms with E-state index in [9.17, 15) is 4.79 Å². The molecule has 88 valence electrons. The van der Waals surface area contributed by atoms with Crippen molar-refractivity contribution in [1.82, 2.24) is 5.48 Å². The minimum atomic E-state index is -0.0528. The first-order valence-electron chi connectivity index (χ1n) is 5.34. The molecule has 0 radical (unpaired) electrons. The van der Waals surface area contributed by atoms with Crippen LogP contribution in [-0.4, -0.2) is 37.2 Å². The van der Waals surface area contributed by atoms with Gasteiger partial charge in [0.1, 0.15) is 0 Å². The summed E-state index contributed by atoms with van der Waals surface area (Å²) in [5.74, 6) is 1.23. The molecule has 1 fully saturated rings. The fourth-order valence-corrected chi connectivity index (χ4v) is 2.17. The lowest BCUT2D eigenvalue weighted by Gasteiger charge is -2.10. The molecule has 1 aliphatic carbocycles. The normalized spacial score (nSPS) is 16.9. The van der Waals surface area contributed by atoms with Crippen LogP contribution in [0.1, 0.15) is 25.7 Å². The molecule has 0 aromatic carbocycles. The van der Waals surface area contributed by atoms with Gasteiger partial charge in [0.15, 0.2) is 0 Å². The molecule has 1 saturated carbocycles. The highest BCUT2D eigenvalue weighted by atomic mass is 32.2. The molecule has 0 saturated heterocycles. The van der Waals surface area contributed by atoms with Crippen LogP contribution in [-0.2, 0) is 14.4 Å². The number of amides is 1. The van der Waals surface area contributed by atoms with Crippen LogP contribution in [0.15, 0.2) is 0 Å². The van der Waals surface area contributed by atoms with Crippen LogP contribution in [0, 0.1) is 0 Å². The summed E-state index contributed by atoms with van der Waals surface area (Å²) < 4.78 is 4.88. The number of nitrogens with one attached hydrogen (secondary N) is 1. The maximum Gasteiger partial charge on any atom is 0.253 e. The van der Waals surface area contributed by atoms with Crippen molar-refractivity contribution in [3.05, 3.63) is 0 Å². The number of hydrogen-bond acceptors (Lipinski definition) is 4. The Hall–Kier alpha value is -0.260. The zero-order valence-corrected chi connectivity index (χ0v) is 9.98. The van der Waals surface area contributed by atoms with Crippen LogP contribution in [0.4, 0.5) is 0 Å². The molecular formula is C10H19NO3S. The Balaban J connectivity index is 1.93. The predicted molar refractivity (Wildman–Crippen MR) is 60.7 cm³/mol. The molecule has 5 heteroatoms. The first kappa shape index (κ1) is 12.8. The van der Waals surface area contributed by atoms with E-state index in [4.69, 9.17) is 9.57 Å². The third-order valence-electron chi connectivity index (χ3n) is 2.31. The van der Waals surface area contributed by atoms with Gasteiger partial charge in [-0.25, -0.2) is 5.48 Å². The molecule has 0 aliphatic heterocycles. The third-order valence-corrected chi connectivity index (χ3v) is 3.23. The standard InChI is InChI=1S/C10H19NO3S/c1-13-6-7-15-8-10(12)11-14-9-4-2-3-5-9/h9H,2-8H2,1H3,(H,11,12). The van der Waals surface area contributed by atoms with Gasteiger partial charge in [-0.2, -0.15) is 0 Å². The molecule has 1 amide bonds. The van der Waals surface area contributed by atoms with E-state index in [0.29, 0.717) is 12.4 Å². The molecule has 0 heterocycles. The van der Waals surface area contributed by atoms with E-state index in [1.165, 1.54) is 12.8 Å². The third kappa shape index (κ3) is 6.02. The lowest BCUT2D eigenvalue weighted by Crippen LogP contribution is -2.29. The summed E-state index contributed by atoms with van der Waals surface area (Å²) in [5, 5.41) is 0. The zero-order chi connectivity index (χ0) is 10.9. The molecule has 0 aromatic rings. The molecule has 0 spiro atoms. The van der Waals surface area contributed by atoms with Gasteiger partial charge in [-0.15, -0.1) is 11.8 Å². The van der Waals surface area contributed by atoms with Gasteiger partial charge in [0.2, 0.25) is 0 Å². The first-order chi connectivity index (χ1) is 7.33. The van der Waals surface area contributed by atoms with Crippen LogP contribution < -0.4 is 5.48 Å². The average molecular weight is 233 g/mol. The molecule has 0 unspecified atom stereocenters.